The van der Waals surface area contributed by atoms with Gasteiger partial charge in [-0.25, -0.2) is 9.59 Å². The summed E-state index contributed by atoms with van der Waals surface area (Å²) in [6.45, 7) is 0.682. The third kappa shape index (κ3) is 5.20. The van der Waals surface area contributed by atoms with Crippen LogP contribution in [-0.4, -0.2) is 80.6 Å². The number of hydrogen-bond acceptors (Lipinski definition) is 6. The third-order valence-corrected chi connectivity index (χ3v) is 3.08. The minimum absolute atomic E-state index is 0.0346. The van der Waals surface area contributed by atoms with Crippen LogP contribution in [0.1, 0.15) is 6.42 Å². The molecule has 0 spiro atoms. The fourth-order valence-corrected chi connectivity index (χ4v) is 1.91. The molecule has 0 aliphatic carbocycles. The molecule has 120 valence electrons. The van der Waals surface area contributed by atoms with Crippen LogP contribution in [0.4, 0.5) is 4.79 Å². The van der Waals surface area contributed by atoms with E-state index in [-0.39, 0.29) is 26.1 Å². The van der Waals surface area contributed by atoms with Crippen molar-refractivity contribution in [1.82, 2.24) is 10.2 Å². The van der Waals surface area contributed by atoms with Crippen molar-refractivity contribution in [2.24, 2.45) is 0 Å². The smallest absolute Gasteiger partial charge is 0.331 e. The predicted molar refractivity (Wildman–Crippen MR) is 69.8 cm³/mol. The number of hydrogen-bond donors (Lipinski definition) is 2. The molecule has 1 rings (SSSR count). The van der Waals surface area contributed by atoms with E-state index in [1.165, 1.54) is 19.1 Å². The Morgan fingerprint density at radius 3 is 2.71 bits per heavy atom. The van der Waals surface area contributed by atoms with Crippen LogP contribution < -0.4 is 5.32 Å². The highest BCUT2D eigenvalue weighted by Crippen LogP contribution is 2.09. The number of ether oxygens (including phenoxy) is 3. The zero-order chi connectivity index (χ0) is 15.8. The molecule has 1 fully saturated rings. The van der Waals surface area contributed by atoms with E-state index >= 15 is 0 Å². The Morgan fingerprint density at radius 1 is 1.43 bits per heavy atom. The molecule has 9 nitrogen and oxygen atoms in total. The van der Waals surface area contributed by atoms with E-state index in [0.29, 0.717) is 6.61 Å². The molecule has 1 aliphatic rings. The van der Waals surface area contributed by atoms with Crippen molar-refractivity contribution in [2.75, 3.05) is 40.5 Å². The summed E-state index contributed by atoms with van der Waals surface area (Å²) >= 11 is 0. The molecule has 2 amide bonds. The summed E-state index contributed by atoms with van der Waals surface area (Å²) in [4.78, 5) is 35.6. The maximum absolute atomic E-state index is 12.1. The van der Waals surface area contributed by atoms with Gasteiger partial charge in [0.15, 0.2) is 6.04 Å². The van der Waals surface area contributed by atoms with Crippen molar-refractivity contribution in [3.63, 3.8) is 0 Å². The second-order valence-electron chi connectivity index (χ2n) is 4.45. The molecule has 2 unspecified atom stereocenters. The Balaban J connectivity index is 2.55. The van der Waals surface area contributed by atoms with Crippen LogP contribution in [0.2, 0.25) is 0 Å². The second kappa shape index (κ2) is 8.42. The van der Waals surface area contributed by atoms with Crippen molar-refractivity contribution >= 4 is 18.0 Å². The fourth-order valence-electron chi connectivity index (χ4n) is 1.91. The van der Waals surface area contributed by atoms with Crippen LogP contribution in [-0.2, 0) is 23.8 Å². The number of aliphatic carboxylic acids is 1. The van der Waals surface area contributed by atoms with Crippen LogP contribution in [0, 0.1) is 0 Å². The van der Waals surface area contributed by atoms with Gasteiger partial charge >= 0.3 is 18.0 Å². The summed E-state index contributed by atoms with van der Waals surface area (Å²) < 4.78 is 14.8. The van der Waals surface area contributed by atoms with Crippen LogP contribution in [0.5, 0.6) is 0 Å². The number of nitrogens with zero attached hydrogens (tertiary/aromatic N) is 1. The number of carboxylic acid groups (broad SMARTS) is 1. The van der Waals surface area contributed by atoms with Crippen molar-refractivity contribution in [1.29, 1.82) is 0 Å². The molecule has 0 saturated carbocycles. The summed E-state index contributed by atoms with van der Waals surface area (Å²) in [6, 6.07) is -1.29. The van der Waals surface area contributed by atoms with E-state index in [2.05, 4.69) is 10.1 Å². The molecule has 0 aromatic rings. The normalized spacial score (nSPS) is 19.7. The third-order valence-electron chi connectivity index (χ3n) is 3.08. The number of esters is 1. The van der Waals surface area contributed by atoms with Gasteiger partial charge in [0.05, 0.1) is 32.8 Å². The molecule has 9 heteroatoms. The fraction of sp³-hybridized carbons (Fsp3) is 0.750. The first-order chi connectivity index (χ1) is 9.99. The number of methoxy groups -OCH3 is 2. The average Bonchev–Trinajstić information content (AvgIpc) is 2.49. The summed E-state index contributed by atoms with van der Waals surface area (Å²) in [7, 11) is 2.60. The molecule has 21 heavy (non-hydrogen) atoms. The van der Waals surface area contributed by atoms with Gasteiger partial charge in [0.1, 0.15) is 0 Å². The SMILES string of the molecule is COC(=O)C1COCCN1C(=O)NCC(CC(=O)O)OC. The number of carbonyl (C=O) groups is 3. The van der Waals surface area contributed by atoms with Crippen LogP contribution in [0.15, 0.2) is 0 Å². The summed E-state index contributed by atoms with van der Waals surface area (Å²) in [6.07, 6.45) is -0.857. The van der Waals surface area contributed by atoms with E-state index in [1.807, 2.05) is 0 Å². The monoisotopic (exact) mass is 304 g/mol. The van der Waals surface area contributed by atoms with E-state index in [1.54, 1.807) is 0 Å². The minimum atomic E-state index is -1.02. The molecule has 1 heterocycles. The quantitative estimate of drug-likeness (QED) is 0.609. The van der Waals surface area contributed by atoms with Crippen molar-refractivity contribution < 1.29 is 33.7 Å². The predicted octanol–water partition coefficient (Wildman–Crippen LogP) is -0.940. The Kier molecular flexibility index (Phi) is 6.89. The molecule has 0 bridgehead atoms. The first-order valence-electron chi connectivity index (χ1n) is 6.44. The number of rotatable bonds is 6. The number of urea groups is 1. The number of amides is 2. The lowest BCUT2D eigenvalue weighted by Crippen LogP contribution is -2.56. The summed E-state index contributed by atoms with van der Waals surface area (Å²) in [5, 5.41) is 11.2. The van der Waals surface area contributed by atoms with Crippen LogP contribution >= 0.6 is 0 Å². The highest BCUT2D eigenvalue weighted by molar-refractivity contribution is 5.84. The standard InChI is InChI=1S/C12H20N2O7/c1-19-8(5-10(15)16)6-13-12(18)14-3-4-21-7-9(14)11(17)20-2/h8-9H,3-7H2,1-2H3,(H,13,18)(H,15,16). The maximum Gasteiger partial charge on any atom is 0.331 e. The maximum atomic E-state index is 12.1. The Bertz CT molecular complexity index is 388. The molecule has 1 aliphatic heterocycles. The zero-order valence-corrected chi connectivity index (χ0v) is 12.0. The van der Waals surface area contributed by atoms with Crippen molar-refractivity contribution in [3.05, 3.63) is 0 Å². The number of morpholine rings is 1. The van der Waals surface area contributed by atoms with Gasteiger partial charge < -0.3 is 29.5 Å². The lowest BCUT2D eigenvalue weighted by molar-refractivity contribution is -0.151. The Morgan fingerprint density at radius 2 is 2.14 bits per heavy atom. The van der Waals surface area contributed by atoms with Gasteiger partial charge in [-0.3, -0.25) is 4.79 Å². The topological polar surface area (TPSA) is 114 Å². The Hall–Kier alpha value is -1.87. The zero-order valence-electron chi connectivity index (χ0n) is 12.0. The van der Waals surface area contributed by atoms with E-state index < -0.39 is 30.1 Å². The van der Waals surface area contributed by atoms with E-state index in [0.717, 1.165) is 0 Å². The molecular formula is C12H20N2O7. The highest BCUT2D eigenvalue weighted by Gasteiger charge is 2.33. The Labute approximate surface area is 122 Å². The molecule has 0 radical (unpaired) electrons. The molecule has 0 aromatic heterocycles. The van der Waals surface area contributed by atoms with Crippen molar-refractivity contribution in [3.8, 4) is 0 Å². The molecule has 0 aromatic carbocycles. The first-order valence-corrected chi connectivity index (χ1v) is 6.44. The number of nitrogens with one attached hydrogen (secondary N) is 1. The van der Waals surface area contributed by atoms with Gasteiger partial charge in [-0.05, 0) is 0 Å². The van der Waals surface area contributed by atoms with E-state index in [4.69, 9.17) is 14.6 Å². The van der Waals surface area contributed by atoms with Gasteiger partial charge in [0.25, 0.3) is 0 Å². The first kappa shape index (κ1) is 17.2. The average molecular weight is 304 g/mol. The van der Waals surface area contributed by atoms with Crippen LogP contribution in [0.3, 0.4) is 0 Å². The number of carbonyl (C=O) groups excluding carboxylic acids is 2. The molecular weight excluding hydrogens is 284 g/mol. The van der Waals surface area contributed by atoms with Gasteiger partial charge in [-0.2, -0.15) is 0 Å². The van der Waals surface area contributed by atoms with Crippen LogP contribution in [0.25, 0.3) is 0 Å². The lowest BCUT2D eigenvalue weighted by Gasteiger charge is -2.33. The second-order valence-corrected chi connectivity index (χ2v) is 4.45. The minimum Gasteiger partial charge on any atom is -0.481 e. The van der Waals surface area contributed by atoms with Gasteiger partial charge in [-0.1, -0.05) is 0 Å². The molecule has 2 N–H and O–H groups in total. The molecule has 1 saturated heterocycles. The van der Waals surface area contributed by atoms with E-state index in [9.17, 15) is 14.4 Å². The van der Waals surface area contributed by atoms with Gasteiger partial charge in [0, 0.05) is 20.2 Å². The number of carboxylic acids is 1. The van der Waals surface area contributed by atoms with Crippen molar-refractivity contribution in [2.45, 2.75) is 18.6 Å². The largest absolute Gasteiger partial charge is 0.481 e. The van der Waals surface area contributed by atoms with Gasteiger partial charge in [0.2, 0.25) is 0 Å². The van der Waals surface area contributed by atoms with Gasteiger partial charge in [-0.15, -0.1) is 0 Å². The molecule has 2 atom stereocenters. The summed E-state index contributed by atoms with van der Waals surface area (Å²) in [5.74, 6) is -1.58. The highest BCUT2D eigenvalue weighted by atomic mass is 16.5. The summed E-state index contributed by atoms with van der Waals surface area (Å²) in [5.41, 5.74) is 0. The lowest BCUT2D eigenvalue weighted by atomic mass is 10.2.